The van der Waals surface area contributed by atoms with Gasteiger partial charge in [-0.25, -0.2) is 0 Å². The first-order valence-corrected chi connectivity index (χ1v) is 8.80. The number of benzene rings is 1. The van der Waals surface area contributed by atoms with Crippen molar-refractivity contribution < 1.29 is 9.84 Å². The number of para-hydroxylation sites is 1. The Kier molecular flexibility index (Phi) is 4.14. The molecule has 1 aliphatic heterocycles. The molecule has 1 aromatic heterocycles. The van der Waals surface area contributed by atoms with Crippen LogP contribution in [0.3, 0.4) is 0 Å². The first-order chi connectivity index (χ1) is 11.3. The molecule has 1 fully saturated rings. The molecular formula is C19H26N2O2. The number of H-pyrrole nitrogens is 1. The van der Waals surface area contributed by atoms with Crippen molar-refractivity contribution in [3.05, 3.63) is 35.5 Å². The van der Waals surface area contributed by atoms with E-state index in [9.17, 15) is 5.11 Å². The van der Waals surface area contributed by atoms with Crippen LogP contribution in [0.1, 0.15) is 30.5 Å². The lowest BCUT2D eigenvalue weighted by Gasteiger charge is -2.37. The Morgan fingerprint density at radius 1 is 1.26 bits per heavy atom. The van der Waals surface area contributed by atoms with Gasteiger partial charge >= 0.3 is 0 Å². The van der Waals surface area contributed by atoms with E-state index in [-0.39, 0.29) is 12.0 Å². The maximum absolute atomic E-state index is 9.84. The lowest BCUT2D eigenvalue weighted by Crippen LogP contribution is -2.46. The molecule has 2 aliphatic rings. The van der Waals surface area contributed by atoms with Gasteiger partial charge in [-0.1, -0.05) is 18.2 Å². The molecule has 1 aromatic carbocycles. The van der Waals surface area contributed by atoms with Gasteiger partial charge in [-0.2, -0.15) is 0 Å². The molecule has 4 rings (SSSR count). The number of fused-ring (bicyclic) bond motifs is 3. The number of rotatable bonds is 4. The van der Waals surface area contributed by atoms with Crippen LogP contribution in [-0.2, 0) is 17.6 Å². The summed E-state index contributed by atoms with van der Waals surface area (Å²) in [6.45, 7) is 2.71. The standard InChI is InChI=1S/C19H26N2O2/c22-13-19(7-9-23-10-8-19)12-20-14-5-6-18-16(11-14)15-3-1-2-4-17(15)21-18/h1-4,14,20-22H,5-13H2. The van der Waals surface area contributed by atoms with E-state index in [1.165, 1.54) is 22.2 Å². The Morgan fingerprint density at radius 3 is 2.91 bits per heavy atom. The molecule has 1 atom stereocenters. The molecule has 2 heterocycles. The highest BCUT2D eigenvalue weighted by Crippen LogP contribution is 2.32. The maximum atomic E-state index is 9.84. The molecule has 4 nitrogen and oxygen atoms in total. The third-order valence-corrected chi connectivity index (χ3v) is 5.75. The average molecular weight is 314 g/mol. The molecule has 0 saturated carbocycles. The van der Waals surface area contributed by atoms with E-state index in [0.717, 1.165) is 51.9 Å². The molecule has 4 heteroatoms. The summed E-state index contributed by atoms with van der Waals surface area (Å²) in [6.07, 6.45) is 5.27. The summed E-state index contributed by atoms with van der Waals surface area (Å²) in [5.41, 5.74) is 4.16. The molecule has 23 heavy (non-hydrogen) atoms. The first-order valence-electron chi connectivity index (χ1n) is 8.80. The van der Waals surface area contributed by atoms with Crippen LogP contribution in [0.25, 0.3) is 10.9 Å². The lowest BCUT2D eigenvalue weighted by atomic mass is 9.80. The van der Waals surface area contributed by atoms with Crippen LogP contribution in [0.2, 0.25) is 0 Å². The third kappa shape index (κ3) is 2.91. The average Bonchev–Trinajstić information content (AvgIpc) is 2.99. The molecule has 0 radical (unpaired) electrons. The van der Waals surface area contributed by atoms with E-state index in [1.807, 2.05) is 0 Å². The Morgan fingerprint density at radius 2 is 2.09 bits per heavy atom. The number of aliphatic hydroxyl groups excluding tert-OH is 1. The van der Waals surface area contributed by atoms with E-state index >= 15 is 0 Å². The van der Waals surface area contributed by atoms with Gasteiger partial charge < -0.3 is 20.1 Å². The fourth-order valence-corrected chi connectivity index (χ4v) is 4.10. The number of aromatic amines is 1. The summed E-state index contributed by atoms with van der Waals surface area (Å²) in [4.78, 5) is 3.58. The van der Waals surface area contributed by atoms with Gasteiger partial charge in [0.25, 0.3) is 0 Å². The number of aliphatic hydroxyl groups is 1. The minimum atomic E-state index is 0.0126. The second-order valence-corrected chi connectivity index (χ2v) is 7.22. The smallest absolute Gasteiger partial charge is 0.0501 e. The largest absolute Gasteiger partial charge is 0.396 e. The quantitative estimate of drug-likeness (QED) is 0.812. The van der Waals surface area contributed by atoms with Gasteiger partial charge in [-0.3, -0.25) is 0 Å². The lowest BCUT2D eigenvalue weighted by molar-refractivity contribution is -0.0167. The summed E-state index contributed by atoms with van der Waals surface area (Å²) in [7, 11) is 0. The van der Waals surface area contributed by atoms with Crippen molar-refractivity contribution in [2.75, 3.05) is 26.4 Å². The minimum absolute atomic E-state index is 0.0126. The van der Waals surface area contributed by atoms with E-state index in [0.29, 0.717) is 6.04 Å². The minimum Gasteiger partial charge on any atom is -0.396 e. The van der Waals surface area contributed by atoms with Crippen molar-refractivity contribution in [1.29, 1.82) is 0 Å². The first kappa shape index (κ1) is 15.2. The predicted molar refractivity (Wildman–Crippen MR) is 91.7 cm³/mol. The van der Waals surface area contributed by atoms with Crippen LogP contribution in [0.15, 0.2) is 24.3 Å². The van der Waals surface area contributed by atoms with Crippen molar-refractivity contribution in [3.8, 4) is 0 Å². The number of aryl methyl sites for hydroxylation is 1. The number of ether oxygens (including phenoxy) is 1. The summed E-state index contributed by atoms with van der Waals surface area (Å²) < 4.78 is 5.46. The van der Waals surface area contributed by atoms with Gasteiger partial charge in [0.2, 0.25) is 0 Å². The van der Waals surface area contributed by atoms with Crippen LogP contribution >= 0.6 is 0 Å². The van der Waals surface area contributed by atoms with Gasteiger partial charge in [0.1, 0.15) is 0 Å². The van der Waals surface area contributed by atoms with E-state index < -0.39 is 0 Å². The summed E-state index contributed by atoms with van der Waals surface area (Å²) in [5.74, 6) is 0. The molecule has 0 spiro atoms. The van der Waals surface area contributed by atoms with Gasteiger partial charge in [0, 0.05) is 47.8 Å². The number of hydrogen-bond donors (Lipinski definition) is 3. The van der Waals surface area contributed by atoms with Crippen LogP contribution in [-0.4, -0.2) is 42.5 Å². The summed E-state index contributed by atoms with van der Waals surface area (Å²) in [5, 5.41) is 15.0. The highest BCUT2D eigenvalue weighted by atomic mass is 16.5. The topological polar surface area (TPSA) is 57.3 Å². The van der Waals surface area contributed by atoms with Crippen LogP contribution in [0, 0.1) is 5.41 Å². The van der Waals surface area contributed by atoms with Gasteiger partial charge in [-0.15, -0.1) is 0 Å². The number of hydrogen-bond acceptors (Lipinski definition) is 3. The van der Waals surface area contributed by atoms with Crippen molar-refractivity contribution in [2.45, 2.75) is 38.1 Å². The molecule has 2 aromatic rings. The van der Waals surface area contributed by atoms with Gasteiger partial charge in [0.15, 0.2) is 0 Å². The highest BCUT2D eigenvalue weighted by molar-refractivity contribution is 5.84. The zero-order valence-corrected chi connectivity index (χ0v) is 13.6. The SMILES string of the molecule is OCC1(CNC2CCc3[nH]c4ccccc4c3C2)CCOCC1. The second-order valence-electron chi connectivity index (χ2n) is 7.22. The van der Waals surface area contributed by atoms with Gasteiger partial charge in [0.05, 0.1) is 6.61 Å². The summed E-state index contributed by atoms with van der Waals surface area (Å²) in [6, 6.07) is 9.11. The number of nitrogens with one attached hydrogen (secondary N) is 2. The molecule has 0 amide bonds. The Labute approximate surface area is 137 Å². The fourth-order valence-electron chi connectivity index (χ4n) is 4.10. The third-order valence-electron chi connectivity index (χ3n) is 5.75. The zero-order valence-electron chi connectivity index (χ0n) is 13.6. The van der Waals surface area contributed by atoms with Crippen molar-refractivity contribution in [2.24, 2.45) is 5.41 Å². The van der Waals surface area contributed by atoms with Gasteiger partial charge in [-0.05, 0) is 43.7 Å². The van der Waals surface area contributed by atoms with Crippen molar-refractivity contribution in [1.82, 2.24) is 10.3 Å². The Hall–Kier alpha value is -1.36. The molecule has 1 aliphatic carbocycles. The molecule has 0 bridgehead atoms. The van der Waals surface area contributed by atoms with E-state index in [2.05, 4.69) is 34.6 Å². The molecular weight excluding hydrogens is 288 g/mol. The maximum Gasteiger partial charge on any atom is 0.0501 e. The molecule has 1 saturated heterocycles. The zero-order chi connectivity index (χ0) is 15.7. The predicted octanol–water partition coefficient (Wildman–Crippen LogP) is 2.40. The molecule has 1 unspecified atom stereocenters. The monoisotopic (exact) mass is 314 g/mol. The van der Waals surface area contributed by atoms with Crippen LogP contribution in [0.4, 0.5) is 0 Å². The van der Waals surface area contributed by atoms with E-state index in [1.54, 1.807) is 0 Å². The van der Waals surface area contributed by atoms with Crippen LogP contribution < -0.4 is 5.32 Å². The summed E-state index contributed by atoms with van der Waals surface area (Å²) >= 11 is 0. The van der Waals surface area contributed by atoms with Crippen LogP contribution in [0.5, 0.6) is 0 Å². The Bertz CT molecular complexity index is 673. The second kappa shape index (κ2) is 6.27. The number of aromatic nitrogens is 1. The fraction of sp³-hybridized carbons (Fsp3) is 0.579. The van der Waals surface area contributed by atoms with E-state index in [4.69, 9.17) is 4.74 Å². The highest BCUT2D eigenvalue weighted by Gasteiger charge is 2.33. The molecule has 124 valence electrons. The normalized spacial score (nSPS) is 23.8. The van der Waals surface area contributed by atoms with Crippen molar-refractivity contribution in [3.63, 3.8) is 0 Å². The molecule has 3 N–H and O–H groups in total. The Balaban J connectivity index is 1.45. The van der Waals surface area contributed by atoms with Crippen molar-refractivity contribution >= 4 is 10.9 Å².